The van der Waals surface area contributed by atoms with Gasteiger partial charge in [0.15, 0.2) is 0 Å². The molecule has 1 aromatic heterocycles. The molecule has 0 atom stereocenters. The van der Waals surface area contributed by atoms with Crippen molar-refractivity contribution in [2.45, 2.75) is 33.2 Å². The number of carbonyl (C=O) groups is 2. The van der Waals surface area contributed by atoms with Gasteiger partial charge in [-0.3, -0.25) is 9.59 Å². The molecule has 0 unspecified atom stereocenters. The summed E-state index contributed by atoms with van der Waals surface area (Å²) in [4.78, 5) is 25.4. The van der Waals surface area contributed by atoms with E-state index in [4.69, 9.17) is 4.42 Å². The number of benzene rings is 2. The summed E-state index contributed by atoms with van der Waals surface area (Å²) in [5.41, 5.74) is 2.02. The fourth-order valence-corrected chi connectivity index (χ4v) is 2.70. The Morgan fingerprint density at radius 2 is 1.69 bits per heavy atom. The molecule has 0 aliphatic carbocycles. The Balaban J connectivity index is 2.02. The molecule has 0 radical (unpaired) electrons. The minimum atomic E-state index is -0.423. The number of rotatable bonds is 3. The van der Waals surface area contributed by atoms with Gasteiger partial charge in [-0.25, -0.2) is 0 Å². The van der Waals surface area contributed by atoms with Crippen LogP contribution in [0, 0.1) is 6.92 Å². The smallest absolute Gasteiger partial charge is 0.289 e. The van der Waals surface area contributed by atoms with Gasteiger partial charge in [-0.05, 0) is 52.0 Å². The predicted molar refractivity (Wildman–Crippen MR) is 103 cm³/mol. The molecule has 2 amide bonds. The SMILES string of the molecule is Cc1cccc(C(=O)Nc2c(C(=O)NC(C)(C)C)oc3ccccc23)c1. The van der Waals surface area contributed by atoms with Gasteiger partial charge in [0, 0.05) is 16.5 Å². The number of para-hydroxylation sites is 1. The monoisotopic (exact) mass is 350 g/mol. The Morgan fingerprint density at radius 1 is 0.962 bits per heavy atom. The summed E-state index contributed by atoms with van der Waals surface area (Å²) in [5, 5.41) is 6.41. The second kappa shape index (κ2) is 6.67. The molecule has 2 aromatic carbocycles. The number of nitrogens with one attached hydrogen (secondary N) is 2. The van der Waals surface area contributed by atoms with Gasteiger partial charge in [-0.15, -0.1) is 0 Å². The molecule has 0 aliphatic heterocycles. The van der Waals surface area contributed by atoms with Crippen LogP contribution in [0.4, 0.5) is 5.69 Å². The van der Waals surface area contributed by atoms with Crippen LogP contribution in [0.1, 0.15) is 47.2 Å². The van der Waals surface area contributed by atoms with Crippen molar-refractivity contribution in [1.82, 2.24) is 5.32 Å². The molecule has 1 heterocycles. The van der Waals surface area contributed by atoms with E-state index >= 15 is 0 Å². The zero-order chi connectivity index (χ0) is 18.9. The molecule has 3 aromatic rings. The lowest BCUT2D eigenvalue weighted by Gasteiger charge is -2.20. The van der Waals surface area contributed by atoms with Crippen LogP contribution >= 0.6 is 0 Å². The molecular weight excluding hydrogens is 328 g/mol. The average Bonchev–Trinajstić information content (AvgIpc) is 2.92. The lowest BCUT2D eigenvalue weighted by atomic mass is 10.1. The number of hydrogen-bond acceptors (Lipinski definition) is 3. The molecule has 3 rings (SSSR count). The number of aryl methyl sites for hydroxylation is 1. The van der Waals surface area contributed by atoms with Crippen molar-refractivity contribution < 1.29 is 14.0 Å². The van der Waals surface area contributed by atoms with Gasteiger partial charge in [0.2, 0.25) is 5.76 Å². The lowest BCUT2D eigenvalue weighted by Crippen LogP contribution is -2.40. The Morgan fingerprint density at radius 3 is 2.38 bits per heavy atom. The number of hydrogen-bond donors (Lipinski definition) is 2. The highest BCUT2D eigenvalue weighted by Gasteiger charge is 2.25. The Kier molecular flexibility index (Phi) is 4.55. The van der Waals surface area contributed by atoms with E-state index < -0.39 is 5.54 Å². The van der Waals surface area contributed by atoms with Crippen LogP contribution < -0.4 is 10.6 Å². The number of carbonyl (C=O) groups excluding carboxylic acids is 2. The summed E-state index contributed by atoms with van der Waals surface area (Å²) in [6.45, 7) is 7.59. The average molecular weight is 350 g/mol. The third-order valence-corrected chi connectivity index (χ3v) is 3.81. The fraction of sp³-hybridized carbons (Fsp3) is 0.238. The molecule has 0 saturated heterocycles. The molecule has 5 nitrogen and oxygen atoms in total. The Hall–Kier alpha value is -3.08. The standard InChI is InChI=1S/C21H22N2O3/c1-13-8-7-9-14(12-13)19(24)22-17-15-10-5-6-11-16(15)26-18(17)20(25)23-21(2,3)4/h5-12H,1-4H3,(H,22,24)(H,23,25). The zero-order valence-corrected chi connectivity index (χ0v) is 15.3. The largest absolute Gasteiger partial charge is 0.449 e. The normalized spacial score (nSPS) is 11.4. The van der Waals surface area contributed by atoms with Crippen molar-refractivity contribution in [3.63, 3.8) is 0 Å². The van der Waals surface area contributed by atoms with E-state index in [1.807, 2.05) is 58.0 Å². The van der Waals surface area contributed by atoms with Crippen LogP contribution in [-0.2, 0) is 0 Å². The van der Waals surface area contributed by atoms with Gasteiger partial charge in [0.05, 0.1) is 0 Å². The highest BCUT2D eigenvalue weighted by atomic mass is 16.3. The lowest BCUT2D eigenvalue weighted by molar-refractivity contribution is 0.0894. The van der Waals surface area contributed by atoms with Gasteiger partial charge in [-0.2, -0.15) is 0 Å². The van der Waals surface area contributed by atoms with Gasteiger partial charge in [0.1, 0.15) is 11.3 Å². The second-order valence-electron chi connectivity index (χ2n) is 7.33. The van der Waals surface area contributed by atoms with E-state index in [0.717, 1.165) is 5.56 Å². The maximum atomic E-state index is 12.7. The first-order valence-corrected chi connectivity index (χ1v) is 8.47. The quantitative estimate of drug-likeness (QED) is 0.729. The first kappa shape index (κ1) is 17.7. The van der Waals surface area contributed by atoms with Crippen LogP contribution in [-0.4, -0.2) is 17.4 Å². The summed E-state index contributed by atoms with van der Waals surface area (Å²) >= 11 is 0. The van der Waals surface area contributed by atoms with Crippen LogP contribution in [0.5, 0.6) is 0 Å². The number of amides is 2. The molecule has 2 N–H and O–H groups in total. The molecule has 0 bridgehead atoms. The summed E-state index contributed by atoms with van der Waals surface area (Å²) in [5.74, 6) is -0.555. The molecule has 0 spiro atoms. The molecular formula is C21H22N2O3. The van der Waals surface area contributed by atoms with E-state index in [9.17, 15) is 9.59 Å². The van der Waals surface area contributed by atoms with Crippen molar-refractivity contribution in [3.8, 4) is 0 Å². The summed E-state index contributed by atoms with van der Waals surface area (Å²) in [6.07, 6.45) is 0. The zero-order valence-electron chi connectivity index (χ0n) is 15.3. The van der Waals surface area contributed by atoms with Gasteiger partial charge >= 0.3 is 0 Å². The van der Waals surface area contributed by atoms with Gasteiger partial charge in [-0.1, -0.05) is 29.8 Å². The van der Waals surface area contributed by atoms with E-state index in [2.05, 4.69) is 10.6 Å². The summed E-state index contributed by atoms with van der Waals surface area (Å²) in [6, 6.07) is 14.5. The van der Waals surface area contributed by atoms with Gasteiger partial charge in [0.25, 0.3) is 11.8 Å². The third-order valence-electron chi connectivity index (χ3n) is 3.81. The first-order valence-electron chi connectivity index (χ1n) is 8.47. The third kappa shape index (κ3) is 3.77. The first-order chi connectivity index (χ1) is 12.2. The Labute approximate surface area is 152 Å². The van der Waals surface area contributed by atoms with E-state index in [-0.39, 0.29) is 17.6 Å². The summed E-state index contributed by atoms with van der Waals surface area (Å²) < 4.78 is 5.74. The maximum absolute atomic E-state index is 12.7. The predicted octanol–water partition coefficient (Wildman–Crippen LogP) is 4.52. The van der Waals surface area contributed by atoms with Crippen molar-refractivity contribution in [2.75, 3.05) is 5.32 Å². The molecule has 134 valence electrons. The molecule has 0 fully saturated rings. The van der Waals surface area contributed by atoms with Crippen LogP contribution in [0.2, 0.25) is 0 Å². The van der Waals surface area contributed by atoms with Crippen molar-refractivity contribution in [3.05, 3.63) is 65.4 Å². The number of furan rings is 1. The number of anilines is 1. The van der Waals surface area contributed by atoms with Crippen LogP contribution in [0.15, 0.2) is 52.9 Å². The number of fused-ring (bicyclic) bond motifs is 1. The molecule has 26 heavy (non-hydrogen) atoms. The van der Waals surface area contributed by atoms with E-state index in [1.165, 1.54) is 0 Å². The molecule has 0 saturated carbocycles. The maximum Gasteiger partial charge on any atom is 0.289 e. The van der Waals surface area contributed by atoms with Crippen molar-refractivity contribution in [2.24, 2.45) is 0 Å². The second-order valence-corrected chi connectivity index (χ2v) is 7.33. The minimum Gasteiger partial charge on any atom is -0.449 e. The molecule has 5 heteroatoms. The van der Waals surface area contributed by atoms with Crippen molar-refractivity contribution >= 4 is 28.5 Å². The summed E-state index contributed by atoms with van der Waals surface area (Å²) in [7, 11) is 0. The Bertz CT molecular complexity index is 980. The van der Waals surface area contributed by atoms with Crippen LogP contribution in [0.3, 0.4) is 0 Å². The highest BCUT2D eigenvalue weighted by molar-refractivity contribution is 6.14. The highest BCUT2D eigenvalue weighted by Crippen LogP contribution is 2.31. The molecule has 0 aliphatic rings. The van der Waals surface area contributed by atoms with E-state index in [1.54, 1.807) is 18.2 Å². The van der Waals surface area contributed by atoms with Crippen molar-refractivity contribution in [1.29, 1.82) is 0 Å². The van der Waals surface area contributed by atoms with E-state index in [0.29, 0.717) is 22.2 Å². The van der Waals surface area contributed by atoms with Crippen LogP contribution in [0.25, 0.3) is 11.0 Å². The topological polar surface area (TPSA) is 71.3 Å². The fourth-order valence-electron chi connectivity index (χ4n) is 2.70. The minimum absolute atomic E-state index is 0.0992. The van der Waals surface area contributed by atoms with Gasteiger partial charge < -0.3 is 15.1 Å².